The van der Waals surface area contributed by atoms with Crippen molar-refractivity contribution in [3.05, 3.63) is 30.1 Å². The van der Waals surface area contributed by atoms with Crippen LogP contribution in [0.2, 0.25) is 0 Å². The molecule has 0 unspecified atom stereocenters. The molecule has 1 aromatic heterocycles. The molecule has 0 saturated heterocycles. The topological polar surface area (TPSA) is 37.9 Å². The van der Waals surface area contributed by atoms with Gasteiger partial charge in [0.15, 0.2) is 0 Å². The molecule has 1 N–H and O–H groups in total. The number of H-pyrrole nitrogens is 1. The number of aromatic nitrogens is 2. The molecule has 1 aromatic carbocycles. The fourth-order valence-corrected chi connectivity index (χ4v) is 3.77. The van der Waals surface area contributed by atoms with Gasteiger partial charge >= 0.3 is 0 Å². The normalized spacial score (nSPS) is 11.5. The number of aromatic amines is 1. The highest BCUT2D eigenvalue weighted by molar-refractivity contribution is 5.74. The van der Waals surface area contributed by atoms with Gasteiger partial charge in [-0.3, -0.25) is 0 Å². The van der Waals surface area contributed by atoms with Gasteiger partial charge in [0.2, 0.25) is 0 Å². The summed E-state index contributed by atoms with van der Waals surface area (Å²) in [4.78, 5) is 8.08. The Morgan fingerprint density at radius 1 is 0.714 bits per heavy atom. The number of imidazole rings is 1. The van der Waals surface area contributed by atoms with Crippen molar-refractivity contribution in [3.8, 4) is 0 Å². The van der Waals surface area contributed by atoms with Crippen molar-refractivity contribution in [2.75, 3.05) is 13.2 Å². The van der Waals surface area contributed by atoms with Gasteiger partial charge in [-0.05, 0) is 31.4 Å². The maximum atomic E-state index is 5.77. The lowest BCUT2D eigenvalue weighted by atomic mass is 10.1. The van der Waals surface area contributed by atoms with E-state index < -0.39 is 0 Å². The SMILES string of the molecule is CCCCCCCCCOCCCCCCCCCc1nc2ccccc2[nH]1. The van der Waals surface area contributed by atoms with Crippen LogP contribution in [0.15, 0.2) is 24.3 Å². The molecule has 3 nitrogen and oxygen atoms in total. The number of unbranched alkanes of at least 4 members (excludes halogenated alkanes) is 12. The smallest absolute Gasteiger partial charge is 0.107 e. The van der Waals surface area contributed by atoms with E-state index in [1.54, 1.807) is 0 Å². The number of fused-ring (bicyclic) bond motifs is 1. The van der Waals surface area contributed by atoms with Crippen LogP contribution in [0, 0.1) is 0 Å². The number of hydrogen-bond acceptors (Lipinski definition) is 2. The number of aryl methyl sites for hydroxylation is 1. The summed E-state index contributed by atoms with van der Waals surface area (Å²) in [5, 5.41) is 0. The fourth-order valence-electron chi connectivity index (χ4n) is 3.77. The summed E-state index contributed by atoms with van der Waals surface area (Å²) in [7, 11) is 0. The Morgan fingerprint density at radius 3 is 1.93 bits per heavy atom. The van der Waals surface area contributed by atoms with Crippen molar-refractivity contribution < 1.29 is 4.74 Å². The zero-order valence-corrected chi connectivity index (χ0v) is 18.2. The van der Waals surface area contributed by atoms with E-state index in [1.807, 2.05) is 6.07 Å². The van der Waals surface area contributed by atoms with E-state index in [0.29, 0.717) is 0 Å². The Morgan fingerprint density at radius 2 is 1.29 bits per heavy atom. The molecule has 3 heteroatoms. The second-order valence-electron chi connectivity index (χ2n) is 8.16. The van der Waals surface area contributed by atoms with Gasteiger partial charge in [-0.2, -0.15) is 0 Å². The highest BCUT2D eigenvalue weighted by atomic mass is 16.5. The predicted octanol–water partition coefficient (Wildman–Crippen LogP) is 7.60. The van der Waals surface area contributed by atoms with Gasteiger partial charge in [-0.25, -0.2) is 4.98 Å². The van der Waals surface area contributed by atoms with Crippen molar-refractivity contribution >= 4 is 11.0 Å². The van der Waals surface area contributed by atoms with Crippen LogP contribution in [0.4, 0.5) is 0 Å². The molecule has 0 aliphatic carbocycles. The molecule has 28 heavy (non-hydrogen) atoms. The van der Waals surface area contributed by atoms with Gasteiger partial charge in [0.25, 0.3) is 0 Å². The van der Waals surface area contributed by atoms with E-state index >= 15 is 0 Å². The Kier molecular flexibility index (Phi) is 12.7. The average molecular weight is 387 g/mol. The Labute approximate surface area is 172 Å². The molecule has 1 heterocycles. The molecule has 0 saturated carbocycles. The van der Waals surface area contributed by atoms with E-state index in [4.69, 9.17) is 4.74 Å². The van der Waals surface area contributed by atoms with Gasteiger partial charge in [-0.15, -0.1) is 0 Å². The van der Waals surface area contributed by atoms with Crippen LogP contribution in [-0.2, 0) is 11.2 Å². The maximum absolute atomic E-state index is 5.77. The first-order valence-corrected chi connectivity index (χ1v) is 11.9. The van der Waals surface area contributed by atoms with Gasteiger partial charge in [0, 0.05) is 19.6 Å². The molecule has 158 valence electrons. The molecule has 0 atom stereocenters. The van der Waals surface area contributed by atoms with Crippen molar-refractivity contribution in [1.82, 2.24) is 9.97 Å². The highest BCUT2D eigenvalue weighted by Gasteiger charge is 2.01. The summed E-state index contributed by atoms with van der Waals surface area (Å²) in [5.41, 5.74) is 2.25. The van der Waals surface area contributed by atoms with Crippen molar-refractivity contribution in [1.29, 1.82) is 0 Å². The maximum Gasteiger partial charge on any atom is 0.107 e. The number of ether oxygens (including phenoxy) is 1. The number of para-hydroxylation sites is 2. The summed E-state index contributed by atoms with van der Waals surface area (Å²) in [6.07, 6.45) is 19.8. The zero-order valence-electron chi connectivity index (χ0n) is 18.2. The highest BCUT2D eigenvalue weighted by Crippen LogP contribution is 2.14. The van der Waals surface area contributed by atoms with Crippen LogP contribution in [-0.4, -0.2) is 23.2 Å². The largest absolute Gasteiger partial charge is 0.381 e. The van der Waals surface area contributed by atoms with Gasteiger partial charge in [-0.1, -0.05) is 89.7 Å². The van der Waals surface area contributed by atoms with E-state index in [-0.39, 0.29) is 0 Å². The first kappa shape index (κ1) is 22.9. The van der Waals surface area contributed by atoms with Crippen molar-refractivity contribution in [3.63, 3.8) is 0 Å². The van der Waals surface area contributed by atoms with E-state index in [9.17, 15) is 0 Å². The molecule has 2 rings (SSSR count). The van der Waals surface area contributed by atoms with Gasteiger partial charge < -0.3 is 9.72 Å². The fraction of sp³-hybridized carbons (Fsp3) is 0.720. The predicted molar refractivity (Wildman–Crippen MR) is 121 cm³/mol. The quantitative estimate of drug-likeness (QED) is 0.268. The minimum Gasteiger partial charge on any atom is -0.381 e. The van der Waals surface area contributed by atoms with E-state index in [2.05, 4.69) is 35.1 Å². The van der Waals surface area contributed by atoms with Crippen LogP contribution in [0.5, 0.6) is 0 Å². The third-order valence-corrected chi connectivity index (χ3v) is 5.53. The Balaban J connectivity index is 1.30. The van der Waals surface area contributed by atoms with Crippen LogP contribution in [0.25, 0.3) is 11.0 Å². The molecule has 0 bridgehead atoms. The van der Waals surface area contributed by atoms with E-state index in [1.165, 1.54) is 89.9 Å². The van der Waals surface area contributed by atoms with Gasteiger partial charge in [0.05, 0.1) is 11.0 Å². The number of hydrogen-bond donors (Lipinski definition) is 1. The number of nitrogens with zero attached hydrogens (tertiary/aromatic N) is 1. The Hall–Kier alpha value is -1.35. The third kappa shape index (κ3) is 10.3. The number of rotatable bonds is 18. The lowest BCUT2D eigenvalue weighted by molar-refractivity contribution is 0.125. The van der Waals surface area contributed by atoms with Gasteiger partial charge in [0.1, 0.15) is 5.82 Å². The second kappa shape index (κ2) is 15.6. The number of nitrogens with one attached hydrogen (secondary N) is 1. The summed E-state index contributed by atoms with van der Waals surface area (Å²) < 4.78 is 5.77. The Bertz CT molecular complexity index is 574. The first-order valence-electron chi connectivity index (χ1n) is 11.9. The van der Waals surface area contributed by atoms with Crippen LogP contribution >= 0.6 is 0 Å². The zero-order chi connectivity index (χ0) is 19.7. The van der Waals surface area contributed by atoms with Crippen LogP contribution < -0.4 is 0 Å². The van der Waals surface area contributed by atoms with Crippen molar-refractivity contribution in [2.24, 2.45) is 0 Å². The minimum atomic E-state index is 0.960. The number of benzene rings is 1. The molecule has 2 aromatic rings. The summed E-state index contributed by atoms with van der Waals surface area (Å²) >= 11 is 0. The molecule has 0 aliphatic heterocycles. The van der Waals surface area contributed by atoms with Crippen LogP contribution in [0.3, 0.4) is 0 Å². The van der Waals surface area contributed by atoms with E-state index in [0.717, 1.165) is 36.5 Å². The summed E-state index contributed by atoms with van der Waals surface area (Å²) in [6, 6.07) is 8.29. The second-order valence-corrected chi connectivity index (χ2v) is 8.16. The average Bonchev–Trinajstić information content (AvgIpc) is 3.13. The molecular weight excluding hydrogens is 344 g/mol. The summed E-state index contributed by atoms with van der Waals surface area (Å²) in [5.74, 6) is 1.14. The molecular formula is C25H42N2O. The van der Waals surface area contributed by atoms with Crippen molar-refractivity contribution in [2.45, 2.75) is 103 Å². The first-order chi connectivity index (χ1) is 13.9. The standard InChI is InChI=1S/C25H42N2O/c1-2-3-4-5-8-11-16-21-28-22-17-12-9-6-7-10-13-20-25-26-23-18-14-15-19-24(23)27-25/h14-15,18-19H,2-13,16-17,20-22H2,1H3,(H,26,27). The molecule has 0 amide bonds. The molecule has 0 radical (unpaired) electrons. The third-order valence-electron chi connectivity index (χ3n) is 5.53. The molecule has 0 spiro atoms. The minimum absolute atomic E-state index is 0.960. The lowest BCUT2D eigenvalue weighted by Crippen LogP contribution is -1.97. The molecule has 0 aliphatic rings. The lowest BCUT2D eigenvalue weighted by Gasteiger charge is -2.05. The summed E-state index contributed by atoms with van der Waals surface area (Å²) in [6.45, 7) is 4.20. The molecule has 0 fully saturated rings. The monoisotopic (exact) mass is 386 g/mol. The van der Waals surface area contributed by atoms with Crippen LogP contribution in [0.1, 0.15) is 103 Å².